The van der Waals surface area contributed by atoms with Gasteiger partial charge in [-0.25, -0.2) is 26.3 Å². The van der Waals surface area contributed by atoms with Crippen molar-refractivity contribution >= 4 is 7.32 Å². The van der Waals surface area contributed by atoms with E-state index >= 15 is 0 Å². The molecule has 0 amide bonds. The molecule has 0 radical (unpaired) electrons. The normalized spacial score (nSPS) is 10.5. The molecule has 2 aromatic carbocycles. The van der Waals surface area contributed by atoms with Gasteiger partial charge in [-0.3, -0.25) is 0 Å². The summed E-state index contributed by atoms with van der Waals surface area (Å²) in [6, 6.07) is 0. The molecule has 0 N–H and O–H groups in total. The summed E-state index contributed by atoms with van der Waals surface area (Å²) in [5.41, 5.74) is 0. The van der Waals surface area contributed by atoms with Gasteiger partial charge in [0.2, 0.25) is 58.2 Å². The molecule has 15 heteroatoms. The van der Waals surface area contributed by atoms with Gasteiger partial charge in [0.15, 0.2) is 11.5 Å². The summed E-state index contributed by atoms with van der Waals surface area (Å²) < 4.78 is 138. The van der Waals surface area contributed by atoms with Crippen molar-refractivity contribution < 1.29 is 87.8 Å². The number of halogens is 10. The first-order chi connectivity index (χ1) is 12.0. The van der Waals surface area contributed by atoms with Crippen LogP contribution in [0.3, 0.4) is 0 Å². The Balaban J connectivity index is 0.00000364. The topological polar surface area (TPSA) is 41.5 Å². The first-order valence-electron chi connectivity index (χ1n) is 6.01. The van der Waals surface area contributed by atoms with Crippen molar-refractivity contribution in [3.8, 4) is 11.5 Å². The van der Waals surface area contributed by atoms with Crippen molar-refractivity contribution in [2.45, 2.75) is 0 Å². The summed E-state index contributed by atoms with van der Waals surface area (Å²) in [6.07, 6.45) is 0. The molecule has 0 aromatic heterocycles. The molecule has 3 nitrogen and oxygen atoms in total. The van der Waals surface area contributed by atoms with Gasteiger partial charge in [0.05, 0.1) is 0 Å². The molecule has 0 aliphatic heterocycles. The van der Waals surface area contributed by atoms with Crippen molar-refractivity contribution in [2.75, 3.05) is 0 Å². The molecule has 0 saturated carbocycles. The molecule has 140 valence electrons. The van der Waals surface area contributed by atoms with E-state index in [0.29, 0.717) is 0 Å². The SMILES string of the molecule is [Na+].[O-]B(Oc1c(F)c(F)c(F)c(F)c1F)Oc1c(F)c(F)c(F)c(F)c1F. The fourth-order valence-electron chi connectivity index (χ4n) is 1.59. The first-order valence-corrected chi connectivity index (χ1v) is 6.01. The molecule has 0 saturated heterocycles. The summed E-state index contributed by atoms with van der Waals surface area (Å²) in [5, 5.41) is 11.3. The smallest absolute Gasteiger partial charge is 0.808 e. The zero-order valence-electron chi connectivity index (χ0n) is 12.6. The van der Waals surface area contributed by atoms with Gasteiger partial charge >= 0.3 is 36.9 Å². The summed E-state index contributed by atoms with van der Waals surface area (Å²) in [7, 11) is -3.48. The maximum absolute atomic E-state index is 13.3. The van der Waals surface area contributed by atoms with Gasteiger partial charge in [0.25, 0.3) is 0 Å². The summed E-state index contributed by atoms with van der Waals surface area (Å²) in [4.78, 5) is 0. The van der Waals surface area contributed by atoms with Crippen LogP contribution in [-0.4, -0.2) is 7.32 Å². The Bertz CT molecular complexity index is 767. The van der Waals surface area contributed by atoms with Crippen LogP contribution in [0.4, 0.5) is 43.9 Å². The van der Waals surface area contributed by atoms with E-state index in [1.54, 1.807) is 0 Å². The van der Waals surface area contributed by atoms with E-state index in [4.69, 9.17) is 0 Å². The van der Waals surface area contributed by atoms with Crippen LogP contribution < -0.4 is 43.9 Å². The van der Waals surface area contributed by atoms with Gasteiger partial charge in [0.1, 0.15) is 0 Å². The van der Waals surface area contributed by atoms with Gasteiger partial charge in [-0.1, -0.05) is 0 Å². The van der Waals surface area contributed by atoms with E-state index in [9.17, 15) is 48.9 Å². The molecule has 27 heavy (non-hydrogen) atoms. The van der Waals surface area contributed by atoms with Crippen molar-refractivity contribution in [2.24, 2.45) is 0 Å². The van der Waals surface area contributed by atoms with Crippen LogP contribution in [0.1, 0.15) is 0 Å². The van der Waals surface area contributed by atoms with Crippen LogP contribution in [-0.2, 0) is 0 Å². The Morgan fingerprint density at radius 3 is 0.852 bits per heavy atom. The van der Waals surface area contributed by atoms with Gasteiger partial charge < -0.3 is 14.3 Å². The van der Waals surface area contributed by atoms with Gasteiger partial charge in [0, 0.05) is 0 Å². The zero-order valence-corrected chi connectivity index (χ0v) is 14.6. The number of benzene rings is 2. The molecule has 0 spiro atoms. The molecular weight excluding hydrogens is 416 g/mol. The van der Waals surface area contributed by atoms with Gasteiger partial charge in [-0.2, -0.15) is 17.6 Å². The second-order valence-electron chi connectivity index (χ2n) is 4.32. The zero-order chi connectivity index (χ0) is 19.9. The molecule has 2 aromatic rings. The minimum Gasteiger partial charge on any atom is -0.808 e. The van der Waals surface area contributed by atoms with Crippen LogP contribution >= 0.6 is 0 Å². The average Bonchev–Trinajstić information content (AvgIpc) is 2.62. The van der Waals surface area contributed by atoms with Crippen LogP contribution in [0.15, 0.2) is 0 Å². The van der Waals surface area contributed by atoms with E-state index < -0.39 is 77.0 Å². The van der Waals surface area contributed by atoms with Crippen LogP contribution in [0.5, 0.6) is 11.5 Å². The minimum atomic E-state index is -3.48. The standard InChI is InChI=1S/C12BF10O3.Na/c14-1-3(16)7(20)11(8(21)4(1)17)25-13(24)26-12-9(22)5(18)2(15)6(19)10(12)23;/q-1;+1. The third-order valence-corrected chi connectivity index (χ3v) is 2.77. The molecule has 0 aliphatic rings. The molecule has 0 bridgehead atoms. The molecular formula is C12BF10NaO3. The van der Waals surface area contributed by atoms with E-state index in [1.165, 1.54) is 0 Å². The maximum Gasteiger partial charge on any atom is 1.00 e. The van der Waals surface area contributed by atoms with Crippen LogP contribution in [0, 0.1) is 58.2 Å². The minimum absolute atomic E-state index is 0. The Kier molecular flexibility index (Phi) is 7.44. The molecule has 0 atom stereocenters. The van der Waals surface area contributed by atoms with E-state index in [1.807, 2.05) is 0 Å². The van der Waals surface area contributed by atoms with Crippen molar-refractivity contribution in [1.29, 1.82) is 0 Å². The van der Waals surface area contributed by atoms with Gasteiger partial charge in [-0.05, 0) is 0 Å². The number of rotatable bonds is 4. The summed E-state index contributed by atoms with van der Waals surface area (Å²) in [5.74, 6) is -30.2. The Labute approximate surface area is 165 Å². The molecule has 0 unspecified atom stereocenters. The van der Waals surface area contributed by atoms with Gasteiger partial charge in [-0.15, -0.1) is 0 Å². The average molecular weight is 416 g/mol. The molecule has 0 heterocycles. The van der Waals surface area contributed by atoms with Crippen molar-refractivity contribution in [3.63, 3.8) is 0 Å². The molecule has 2 rings (SSSR count). The van der Waals surface area contributed by atoms with E-state index in [0.717, 1.165) is 0 Å². The van der Waals surface area contributed by atoms with Crippen LogP contribution in [0.25, 0.3) is 0 Å². The maximum atomic E-state index is 13.3. The number of hydrogen-bond donors (Lipinski definition) is 0. The summed E-state index contributed by atoms with van der Waals surface area (Å²) >= 11 is 0. The first kappa shape index (κ1) is 23.4. The Hall–Kier alpha value is -1.64. The largest absolute Gasteiger partial charge is 1.00 e. The Morgan fingerprint density at radius 2 is 0.630 bits per heavy atom. The molecule has 0 fully saturated rings. The van der Waals surface area contributed by atoms with E-state index in [-0.39, 0.29) is 29.6 Å². The second kappa shape index (κ2) is 8.58. The Morgan fingerprint density at radius 1 is 0.444 bits per heavy atom. The monoisotopic (exact) mass is 416 g/mol. The summed E-state index contributed by atoms with van der Waals surface area (Å²) in [6.45, 7) is 0. The predicted octanol–water partition coefficient (Wildman–Crippen LogP) is -0.115. The van der Waals surface area contributed by atoms with Crippen molar-refractivity contribution in [3.05, 3.63) is 58.2 Å². The number of hydrogen-bond acceptors (Lipinski definition) is 3. The third kappa shape index (κ3) is 4.12. The van der Waals surface area contributed by atoms with Crippen LogP contribution in [0.2, 0.25) is 0 Å². The fraction of sp³-hybridized carbons (Fsp3) is 0. The second-order valence-corrected chi connectivity index (χ2v) is 4.32. The third-order valence-electron chi connectivity index (χ3n) is 2.77. The predicted molar refractivity (Wildman–Crippen MR) is 59.5 cm³/mol. The fourth-order valence-corrected chi connectivity index (χ4v) is 1.59. The van der Waals surface area contributed by atoms with E-state index in [2.05, 4.69) is 9.31 Å². The quantitative estimate of drug-likeness (QED) is 0.303. The molecule has 0 aliphatic carbocycles. The van der Waals surface area contributed by atoms with Crippen molar-refractivity contribution in [1.82, 2.24) is 0 Å².